The highest BCUT2D eigenvalue weighted by atomic mass is 35.5. The van der Waals surface area contributed by atoms with Crippen molar-refractivity contribution in [1.29, 1.82) is 0 Å². The number of rotatable bonds is 5. The van der Waals surface area contributed by atoms with Crippen LogP contribution in [0, 0.1) is 0 Å². The third-order valence-corrected chi connectivity index (χ3v) is 2.34. The van der Waals surface area contributed by atoms with Crippen LogP contribution in [-0.4, -0.2) is 17.6 Å². The second kappa shape index (κ2) is 6.40. The van der Waals surface area contributed by atoms with Crippen LogP contribution in [-0.2, 0) is 16.0 Å². The molecular formula is C11H14ClNO2. The minimum atomic E-state index is -0.225. The van der Waals surface area contributed by atoms with E-state index in [4.69, 9.17) is 16.3 Å². The Labute approximate surface area is 94.4 Å². The van der Waals surface area contributed by atoms with Crippen LogP contribution in [0.5, 0.6) is 0 Å². The van der Waals surface area contributed by atoms with Crippen molar-refractivity contribution in [2.75, 3.05) is 6.61 Å². The molecule has 0 radical (unpaired) electrons. The third-order valence-electron chi connectivity index (χ3n) is 2.00. The van der Waals surface area contributed by atoms with E-state index in [1.807, 2.05) is 6.07 Å². The molecule has 0 aliphatic heterocycles. The summed E-state index contributed by atoms with van der Waals surface area (Å²) in [5.74, 6) is -0.225. The molecule has 0 aliphatic rings. The summed E-state index contributed by atoms with van der Waals surface area (Å²) in [6, 6.07) is 1.91. The first kappa shape index (κ1) is 12.0. The van der Waals surface area contributed by atoms with Crippen LogP contribution in [0.1, 0.15) is 25.3 Å². The average molecular weight is 228 g/mol. The first-order valence-electron chi connectivity index (χ1n) is 4.92. The Kier molecular flexibility index (Phi) is 5.12. The predicted octanol–water partition coefficient (Wildman–Crippen LogP) is 2.62. The zero-order valence-corrected chi connectivity index (χ0v) is 9.46. The second-order valence-corrected chi connectivity index (χ2v) is 3.67. The highest BCUT2D eigenvalue weighted by Gasteiger charge is 1.99. The maximum Gasteiger partial charge on any atom is 0.302 e. The molecule has 15 heavy (non-hydrogen) atoms. The molecule has 0 spiro atoms. The average Bonchev–Trinajstić information content (AvgIpc) is 2.20. The minimum absolute atomic E-state index is 0.225. The summed E-state index contributed by atoms with van der Waals surface area (Å²) in [5.41, 5.74) is 1.09. The van der Waals surface area contributed by atoms with Crippen molar-refractivity contribution in [3.63, 3.8) is 0 Å². The van der Waals surface area contributed by atoms with E-state index in [0.717, 1.165) is 24.8 Å². The maximum absolute atomic E-state index is 10.5. The van der Waals surface area contributed by atoms with E-state index in [1.54, 1.807) is 12.4 Å². The molecule has 0 N–H and O–H groups in total. The molecule has 0 fully saturated rings. The van der Waals surface area contributed by atoms with Gasteiger partial charge in [0.1, 0.15) is 0 Å². The molecule has 0 unspecified atom stereocenters. The molecule has 0 atom stereocenters. The van der Waals surface area contributed by atoms with Crippen molar-refractivity contribution < 1.29 is 9.53 Å². The maximum atomic E-state index is 10.5. The van der Waals surface area contributed by atoms with Crippen LogP contribution >= 0.6 is 11.6 Å². The Balaban J connectivity index is 2.21. The minimum Gasteiger partial charge on any atom is -0.466 e. The third kappa shape index (κ3) is 4.79. The number of aromatic nitrogens is 1. The van der Waals surface area contributed by atoms with Crippen molar-refractivity contribution >= 4 is 17.6 Å². The summed E-state index contributed by atoms with van der Waals surface area (Å²) in [6.45, 7) is 1.90. The van der Waals surface area contributed by atoms with Gasteiger partial charge in [-0.3, -0.25) is 9.78 Å². The summed E-state index contributed by atoms with van der Waals surface area (Å²) in [7, 11) is 0. The summed E-state index contributed by atoms with van der Waals surface area (Å²) < 4.78 is 4.83. The van der Waals surface area contributed by atoms with Gasteiger partial charge in [0, 0.05) is 19.3 Å². The smallest absolute Gasteiger partial charge is 0.302 e. The molecule has 0 aromatic carbocycles. The van der Waals surface area contributed by atoms with Gasteiger partial charge in [-0.25, -0.2) is 0 Å². The molecule has 1 rings (SSSR count). The van der Waals surface area contributed by atoms with E-state index < -0.39 is 0 Å². The van der Waals surface area contributed by atoms with Gasteiger partial charge in [0.25, 0.3) is 0 Å². The van der Waals surface area contributed by atoms with Gasteiger partial charge in [-0.05, 0) is 30.9 Å². The fourth-order valence-electron chi connectivity index (χ4n) is 1.24. The first-order valence-corrected chi connectivity index (χ1v) is 5.29. The Morgan fingerprint density at radius 3 is 3.00 bits per heavy atom. The molecule has 0 amide bonds. The lowest BCUT2D eigenvalue weighted by atomic mass is 10.1. The number of hydrogen-bond donors (Lipinski definition) is 0. The van der Waals surface area contributed by atoms with E-state index in [2.05, 4.69) is 4.98 Å². The van der Waals surface area contributed by atoms with E-state index in [9.17, 15) is 4.79 Å². The SMILES string of the molecule is CC(=O)OCCCCc1ccncc1Cl. The van der Waals surface area contributed by atoms with Crippen molar-refractivity contribution in [2.45, 2.75) is 26.2 Å². The molecule has 82 valence electrons. The molecule has 0 saturated heterocycles. The van der Waals surface area contributed by atoms with Crippen molar-refractivity contribution in [3.8, 4) is 0 Å². The van der Waals surface area contributed by atoms with Gasteiger partial charge in [-0.15, -0.1) is 0 Å². The lowest BCUT2D eigenvalue weighted by Gasteiger charge is -2.03. The first-order chi connectivity index (χ1) is 7.20. The zero-order chi connectivity index (χ0) is 11.1. The van der Waals surface area contributed by atoms with Crippen molar-refractivity contribution in [2.24, 2.45) is 0 Å². The van der Waals surface area contributed by atoms with Gasteiger partial charge >= 0.3 is 5.97 Å². The summed E-state index contributed by atoms with van der Waals surface area (Å²) in [6.07, 6.45) is 6.08. The van der Waals surface area contributed by atoms with Crippen LogP contribution in [0.15, 0.2) is 18.5 Å². The van der Waals surface area contributed by atoms with E-state index >= 15 is 0 Å². The van der Waals surface area contributed by atoms with Crippen molar-refractivity contribution in [1.82, 2.24) is 4.98 Å². The van der Waals surface area contributed by atoms with Crippen LogP contribution < -0.4 is 0 Å². The Morgan fingerprint density at radius 2 is 2.33 bits per heavy atom. The molecule has 0 bridgehead atoms. The number of carbonyl (C=O) groups excluding carboxylic acids is 1. The van der Waals surface area contributed by atoms with Gasteiger partial charge in [0.2, 0.25) is 0 Å². The van der Waals surface area contributed by atoms with E-state index in [0.29, 0.717) is 11.6 Å². The number of esters is 1. The quantitative estimate of drug-likeness (QED) is 0.574. The van der Waals surface area contributed by atoms with E-state index in [1.165, 1.54) is 6.92 Å². The van der Waals surface area contributed by atoms with Crippen LogP contribution in [0.25, 0.3) is 0 Å². The highest BCUT2D eigenvalue weighted by Crippen LogP contribution is 2.15. The molecule has 3 nitrogen and oxygen atoms in total. The Hall–Kier alpha value is -1.09. The molecular weight excluding hydrogens is 214 g/mol. The van der Waals surface area contributed by atoms with E-state index in [-0.39, 0.29) is 5.97 Å². The van der Waals surface area contributed by atoms with Gasteiger partial charge in [-0.1, -0.05) is 11.6 Å². The number of nitrogens with zero attached hydrogens (tertiary/aromatic N) is 1. The second-order valence-electron chi connectivity index (χ2n) is 3.26. The van der Waals surface area contributed by atoms with Gasteiger partial charge in [-0.2, -0.15) is 0 Å². The van der Waals surface area contributed by atoms with Gasteiger partial charge < -0.3 is 4.74 Å². The van der Waals surface area contributed by atoms with Gasteiger partial charge in [0.05, 0.1) is 11.6 Å². The number of carbonyl (C=O) groups is 1. The normalized spacial score (nSPS) is 10.0. The number of aryl methyl sites for hydroxylation is 1. The molecule has 0 saturated carbocycles. The topological polar surface area (TPSA) is 39.2 Å². The number of unbranched alkanes of at least 4 members (excludes halogenated alkanes) is 1. The lowest BCUT2D eigenvalue weighted by molar-refractivity contribution is -0.141. The Morgan fingerprint density at radius 1 is 1.53 bits per heavy atom. The van der Waals surface area contributed by atoms with Crippen LogP contribution in [0.2, 0.25) is 5.02 Å². The van der Waals surface area contributed by atoms with Crippen LogP contribution in [0.4, 0.5) is 0 Å². The number of pyridine rings is 1. The molecule has 1 heterocycles. The predicted molar refractivity (Wildman–Crippen MR) is 58.8 cm³/mol. The standard InChI is InChI=1S/C11H14ClNO2/c1-9(14)15-7-3-2-4-10-5-6-13-8-11(10)12/h5-6,8H,2-4,7H2,1H3. The fourth-order valence-corrected chi connectivity index (χ4v) is 1.45. The number of hydrogen-bond acceptors (Lipinski definition) is 3. The lowest BCUT2D eigenvalue weighted by Crippen LogP contribution is -2.00. The molecule has 1 aromatic rings. The Bertz CT molecular complexity index is 328. The molecule has 0 aliphatic carbocycles. The van der Waals surface area contributed by atoms with Crippen LogP contribution in [0.3, 0.4) is 0 Å². The fraction of sp³-hybridized carbons (Fsp3) is 0.455. The zero-order valence-electron chi connectivity index (χ0n) is 8.70. The monoisotopic (exact) mass is 227 g/mol. The van der Waals surface area contributed by atoms with Crippen molar-refractivity contribution in [3.05, 3.63) is 29.0 Å². The molecule has 1 aromatic heterocycles. The number of ether oxygens (including phenoxy) is 1. The number of halogens is 1. The summed E-state index contributed by atoms with van der Waals surface area (Å²) >= 11 is 5.94. The molecule has 4 heteroatoms. The van der Waals surface area contributed by atoms with Gasteiger partial charge in [0.15, 0.2) is 0 Å². The summed E-state index contributed by atoms with van der Waals surface area (Å²) in [4.78, 5) is 14.4. The summed E-state index contributed by atoms with van der Waals surface area (Å²) in [5, 5.41) is 0.699. The highest BCUT2D eigenvalue weighted by molar-refractivity contribution is 6.31. The largest absolute Gasteiger partial charge is 0.466 e.